The van der Waals surface area contributed by atoms with Gasteiger partial charge in [0.25, 0.3) is 12.9 Å². The number of H-pyrrole nitrogens is 1. The van der Waals surface area contributed by atoms with Crippen LogP contribution >= 0.6 is 7.37 Å². The lowest BCUT2D eigenvalue weighted by atomic mass is 10.2. The smallest absolute Gasteiger partial charge is 0.423 e. The molecule has 0 fully saturated rings. The van der Waals surface area contributed by atoms with Gasteiger partial charge in [-0.1, -0.05) is 25.1 Å². The molecular formula is C23H26F3N2O8P. The average Bonchev–Trinajstić information content (AvgIpc) is 3.26. The minimum absolute atomic E-state index is 0.221. The summed E-state index contributed by atoms with van der Waals surface area (Å²) in [6.07, 6.45) is -5.73. The van der Waals surface area contributed by atoms with Gasteiger partial charge in [0.2, 0.25) is 0 Å². The van der Waals surface area contributed by atoms with E-state index in [1.54, 1.807) is 49.2 Å². The van der Waals surface area contributed by atoms with Crippen LogP contribution in [-0.2, 0) is 29.7 Å². The Labute approximate surface area is 209 Å². The molecule has 3 rings (SSSR count). The Hall–Kier alpha value is -3.15. The molecule has 10 nitrogen and oxygen atoms in total. The van der Waals surface area contributed by atoms with Crippen molar-refractivity contribution in [2.24, 2.45) is 5.92 Å². The van der Waals surface area contributed by atoms with Crippen molar-refractivity contribution in [1.82, 2.24) is 9.55 Å². The zero-order valence-electron chi connectivity index (χ0n) is 20.1. The molecule has 0 spiro atoms. The number of ether oxygens (including phenoxy) is 3. The number of hydrogen-bond acceptors (Lipinski definition) is 8. The van der Waals surface area contributed by atoms with Gasteiger partial charge in [-0.25, -0.2) is 4.79 Å². The zero-order chi connectivity index (χ0) is 27.4. The Morgan fingerprint density at radius 3 is 2.46 bits per heavy atom. The van der Waals surface area contributed by atoms with Crippen molar-refractivity contribution in [1.29, 1.82) is 0 Å². The molecule has 1 aromatic carbocycles. The first kappa shape index (κ1) is 28.4. The van der Waals surface area contributed by atoms with Crippen LogP contribution in [0.5, 0.6) is 5.75 Å². The highest BCUT2D eigenvalue weighted by atomic mass is 31.2. The largest absolute Gasteiger partial charge is 0.463 e. The maximum absolute atomic E-state index is 13.7. The van der Waals surface area contributed by atoms with Crippen LogP contribution in [0.2, 0.25) is 0 Å². The van der Waals surface area contributed by atoms with Crippen LogP contribution in [0.1, 0.15) is 32.6 Å². The minimum atomic E-state index is -4.99. The summed E-state index contributed by atoms with van der Waals surface area (Å²) in [6.45, 7) is 4.90. The number of aromatic nitrogens is 2. The molecule has 0 bridgehead atoms. The molecule has 2 aromatic rings. The Bertz CT molecular complexity index is 1290. The molecule has 1 unspecified atom stereocenters. The molecule has 0 amide bonds. The van der Waals surface area contributed by atoms with E-state index in [-0.39, 0.29) is 18.0 Å². The zero-order valence-corrected chi connectivity index (χ0v) is 21.0. The molecule has 1 aliphatic rings. The van der Waals surface area contributed by atoms with Gasteiger partial charge in [0.1, 0.15) is 17.7 Å². The van der Waals surface area contributed by atoms with Crippen molar-refractivity contribution in [2.75, 3.05) is 12.5 Å². The van der Waals surface area contributed by atoms with E-state index in [9.17, 15) is 32.1 Å². The van der Waals surface area contributed by atoms with E-state index in [4.69, 9.17) is 18.7 Å². The van der Waals surface area contributed by atoms with Crippen molar-refractivity contribution in [3.05, 3.63) is 75.1 Å². The lowest BCUT2D eigenvalue weighted by Gasteiger charge is -2.24. The van der Waals surface area contributed by atoms with Gasteiger partial charge in [0.15, 0.2) is 12.5 Å². The van der Waals surface area contributed by atoms with Crippen molar-refractivity contribution in [3.8, 4) is 5.75 Å². The minimum Gasteiger partial charge on any atom is -0.463 e. The Kier molecular flexibility index (Phi) is 8.83. The van der Waals surface area contributed by atoms with E-state index < -0.39 is 61.1 Å². The molecule has 4 atom stereocenters. The molecule has 0 saturated heterocycles. The predicted octanol–water partition coefficient (Wildman–Crippen LogP) is 3.89. The number of rotatable bonds is 10. The quantitative estimate of drug-likeness (QED) is 0.270. The second kappa shape index (κ2) is 11.5. The van der Waals surface area contributed by atoms with Gasteiger partial charge in [-0.05, 0) is 38.1 Å². The molecule has 1 aliphatic heterocycles. The van der Waals surface area contributed by atoms with Gasteiger partial charge in [0, 0.05) is 6.20 Å². The summed E-state index contributed by atoms with van der Waals surface area (Å²) in [5, 5.41) is 0. The van der Waals surface area contributed by atoms with E-state index in [0.717, 1.165) is 0 Å². The van der Waals surface area contributed by atoms with Crippen LogP contribution in [0.3, 0.4) is 0 Å². The van der Waals surface area contributed by atoms with Gasteiger partial charge in [0.05, 0.1) is 18.2 Å². The Morgan fingerprint density at radius 2 is 1.84 bits per heavy atom. The van der Waals surface area contributed by atoms with Crippen LogP contribution in [0.4, 0.5) is 13.2 Å². The number of carbonyl (C=O) groups is 1. The first-order valence-electron chi connectivity index (χ1n) is 11.2. The number of aromatic amines is 1. The second-order valence-electron chi connectivity index (χ2n) is 8.57. The Balaban J connectivity index is 1.73. The topological polar surface area (TPSA) is 126 Å². The lowest BCUT2D eigenvalue weighted by molar-refractivity contribution is -0.151. The molecule has 0 aliphatic carbocycles. The summed E-state index contributed by atoms with van der Waals surface area (Å²) in [7, 11) is -3.69. The summed E-state index contributed by atoms with van der Waals surface area (Å²) in [6, 6.07) is 8.22. The second-order valence-corrected chi connectivity index (χ2v) is 11.0. The van der Waals surface area contributed by atoms with Crippen molar-refractivity contribution in [3.63, 3.8) is 0 Å². The summed E-state index contributed by atoms with van der Waals surface area (Å²) < 4.78 is 75.4. The SMILES string of the molecule is CC(C)OC(=O)[C@H](C)CP(=O)(CO[C@@H]1C=C[C@H](n2cc(C(F)(F)F)c(=O)[nH]c2=O)O1)Oc1ccccc1. The van der Waals surface area contributed by atoms with Crippen LogP contribution in [0.15, 0.2) is 58.3 Å². The Morgan fingerprint density at radius 1 is 1.16 bits per heavy atom. The van der Waals surface area contributed by atoms with Gasteiger partial charge in [-0.2, -0.15) is 13.2 Å². The number of alkyl halides is 3. The third-order valence-corrected chi connectivity index (χ3v) is 7.20. The van der Waals surface area contributed by atoms with E-state index in [2.05, 4.69) is 0 Å². The first-order valence-corrected chi connectivity index (χ1v) is 13.2. The molecule has 1 aromatic heterocycles. The third-order valence-electron chi connectivity index (χ3n) is 5.01. The molecule has 202 valence electrons. The van der Waals surface area contributed by atoms with E-state index >= 15 is 0 Å². The van der Waals surface area contributed by atoms with E-state index in [1.807, 2.05) is 0 Å². The fourth-order valence-corrected chi connectivity index (χ4v) is 5.46. The maximum atomic E-state index is 13.7. The number of esters is 1. The summed E-state index contributed by atoms with van der Waals surface area (Å²) >= 11 is 0. The summed E-state index contributed by atoms with van der Waals surface area (Å²) in [4.78, 5) is 37.5. The molecule has 2 heterocycles. The van der Waals surface area contributed by atoms with Crippen LogP contribution < -0.4 is 15.8 Å². The monoisotopic (exact) mass is 546 g/mol. The highest BCUT2D eigenvalue weighted by molar-refractivity contribution is 7.59. The summed E-state index contributed by atoms with van der Waals surface area (Å²) in [5.74, 6) is -1.09. The van der Waals surface area contributed by atoms with E-state index in [1.165, 1.54) is 19.1 Å². The van der Waals surface area contributed by atoms with Gasteiger partial charge in [-0.15, -0.1) is 0 Å². The molecule has 0 radical (unpaired) electrons. The molecule has 0 saturated carbocycles. The fourth-order valence-electron chi connectivity index (χ4n) is 3.36. The van der Waals surface area contributed by atoms with E-state index in [0.29, 0.717) is 10.8 Å². The number of benzene rings is 1. The fraction of sp³-hybridized carbons (Fsp3) is 0.435. The number of nitrogens with zero attached hydrogens (tertiary/aromatic N) is 1. The lowest BCUT2D eigenvalue weighted by Crippen LogP contribution is -2.36. The summed E-state index contributed by atoms with van der Waals surface area (Å²) in [5.41, 5.74) is -4.27. The van der Waals surface area contributed by atoms with Crippen molar-refractivity contribution < 1.29 is 41.3 Å². The van der Waals surface area contributed by atoms with Gasteiger partial charge in [-0.3, -0.25) is 23.7 Å². The number of hydrogen-bond donors (Lipinski definition) is 1. The van der Waals surface area contributed by atoms with Crippen LogP contribution in [0, 0.1) is 5.92 Å². The third kappa shape index (κ3) is 7.67. The highest BCUT2D eigenvalue weighted by Gasteiger charge is 2.37. The maximum Gasteiger partial charge on any atom is 0.423 e. The number of nitrogens with one attached hydrogen (secondary N) is 1. The average molecular weight is 546 g/mol. The van der Waals surface area contributed by atoms with Crippen LogP contribution in [-0.4, -0.2) is 40.4 Å². The highest BCUT2D eigenvalue weighted by Crippen LogP contribution is 2.49. The first-order chi connectivity index (χ1) is 17.3. The van der Waals surface area contributed by atoms with Crippen molar-refractivity contribution in [2.45, 2.75) is 45.6 Å². The molecule has 14 heteroatoms. The predicted molar refractivity (Wildman–Crippen MR) is 125 cm³/mol. The number of halogens is 3. The van der Waals surface area contributed by atoms with Crippen molar-refractivity contribution >= 4 is 13.3 Å². The normalized spacial score (nSPS) is 20.0. The standard InChI is InChI=1S/C23H26F3N2O8P/c1-14(2)34-21(30)15(3)12-37(32,36-16-7-5-4-6-8-16)13-33-19-10-9-18(35-19)28-11-17(23(24,25)26)20(29)27-22(28)31/h4-11,14-15,18-19H,12-13H2,1-3H3,(H,27,29,31)/t15-,18-,19+,37?/m1/s1. The molecular weight excluding hydrogens is 520 g/mol. The molecule has 1 N–H and O–H groups in total. The van der Waals surface area contributed by atoms with Gasteiger partial charge >= 0.3 is 17.8 Å². The number of para-hydroxylation sites is 1. The number of carbonyl (C=O) groups excluding carboxylic acids is 1. The van der Waals surface area contributed by atoms with Crippen LogP contribution in [0.25, 0.3) is 0 Å². The molecule has 37 heavy (non-hydrogen) atoms. The van der Waals surface area contributed by atoms with Gasteiger partial charge < -0.3 is 18.7 Å².